The Morgan fingerprint density at radius 3 is 2.54 bits per heavy atom. The van der Waals surface area contributed by atoms with Crippen LogP contribution in [-0.4, -0.2) is 53.4 Å². The molecule has 1 fully saturated rings. The van der Waals surface area contributed by atoms with Gasteiger partial charge in [-0.1, -0.05) is 25.5 Å². The number of halogens is 1. The Kier molecular flexibility index (Phi) is 5.52. The van der Waals surface area contributed by atoms with Crippen LogP contribution in [0, 0.1) is 5.82 Å². The lowest BCUT2D eigenvalue weighted by atomic mass is 10.1. The molecule has 130 valence electrons. The van der Waals surface area contributed by atoms with E-state index in [0.717, 1.165) is 37.3 Å². The van der Waals surface area contributed by atoms with Gasteiger partial charge in [0.05, 0.1) is 13.6 Å². The van der Waals surface area contributed by atoms with Crippen LogP contribution in [-0.2, 0) is 6.54 Å². The molecule has 0 aliphatic carbocycles. The van der Waals surface area contributed by atoms with E-state index in [9.17, 15) is 4.39 Å². The quantitative estimate of drug-likeness (QED) is 0.721. The highest BCUT2D eigenvalue weighted by Gasteiger charge is 2.32. The summed E-state index contributed by atoms with van der Waals surface area (Å²) >= 11 is 0. The van der Waals surface area contributed by atoms with E-state index in [4.69, 9.17) is 0 Å². The van der Waals surface area contributed by atoms with E-state index in [0.29, 0.717) is 12.6 Å². The first-order valence-electron chi connectivity index (χ1n) is 8.83. The van der Waals surface area contributed by atoms with Gasteiger partial charge in [-0.15, -0.1) is 5.10 Å². The van der Waals surface area contributed by atoms with Crippen molar-refractivity contribution in [2.45, 2.75) is 32.4 Å². The average Bonchev–Trinajstić information content (AvgIpc) is 3.03. The zero-order valence-corrected chi connectivity index (χ0v) is 14.5. The predicted octanol–water partition coefficient (Wildman–Crippen LogP) is -0.885. The number of hydrogen-bond donors (Lipinski definition) is 2. The van der Waals surface area contributed by atoms with Gasteiger partial charge in [-0.3, -0.25) is 0 Å². The van der Waals surface area contributed by atoms with Crippen LogP contribution < -0.4 is 9.80 Å². The topological polar surface area (TPSA) is 52.5 Å². The summed E-state index contributed by atoms with van der Waals surface area (Å²) in [6.45, 7) is 7.48. The second kappa shape index (κ2) is 7.81. The number of likely N-dealkylation sites (N-methyl/N-ethyl adjacent to an activating group) is 1. The third-order valence-corrected chi connectivity index (χ3v) is 4.93. The summed E-state index contributed by atoms with van der Waals surface area (Å²) in [4.78, 5) is 3.18. The fraction of sp³-hybridized carbons (Fsp3) is 0.588. The van der Waals surface area contributed by atoms with Gasteiger partial charge in [0.25, 0.3) is 0 Å². The van der Waals surface area contributed by atoms with E-state index in [-0.39, 0.29) is 5.82 Å². The van der Waals surface area contributed by atoms with Crippen molar-refractivity contribution < 1.29 is 14.2 Å². The third kappa shape index (κ3) is 3.96. The number of benzene rings is 1. The molecule has 24 heavy (non-hydrogen) atoms. The van der Waals surface area contributed by atoms with Gasteiger partial charge in [-0.05, 0) is 28.1 Å². The molecule has 0 bridgehead atoms. The van der Waals surface area contributed by atoms with Gasteiger partial charge in [-0.25, -0.2) is 9.07 Å². The summed E-state index contributed by atoms with van der Waals surface area (Å²) in [7, 11) is 2.25. The second-order valence-electron chi connectivity index (χ2n) is 6.78. The van der Waals surface area contributed by atoms with E-state index < -0.39 is 0 Å². The molecule has 0 saturated carbocycles. The van der Waals surface area contributed by atoms with Crippen LogP contribution >= 0.6 is 0 Å². The van der Waals surface area contributed by atoms with E-state index in [1.807, 2.05) is 4.68 Å². The van der Waals surface area contributed by atoms with Gasteiger partial charge in [0.15, 0.2) is 0 Å². The Morgan fingerprint density at radius 2 is 1.88 bits per heavy atom. The molecule has 6 nitrogen and oxygen atoms in total. The number of rotatable bonds is 6. The lowest BCUT2D eigenvalue weighted by Crippen LogP contribution is -3.27. The maximum atomic E-state index is 13.1. The van der Waals surface area contributed by atoms with Crippen LogP contribution in [0.15, 0.2) is 24.3 Å². The van der Waals surface area contributed by atoms with Crippen LogP contribution in [0.5, 0.6) is 0 Å². The van der Waals surface area contributed by atoms with Gasteiger partial charge in [-0.2, -0.15) is 0 Å². The summed E-state index contributed by atoms with van der Waals surface area (Å²) in [5, 5.41) is 12.5. The highest BCUT2D eigenvalue weighted by atomic mass is 19.1. The van der Waals surface area contributed by atoms with Gasteiger partial charge in [0.1, 0.15) is 38.0 Å². The molecule has 0 radical (unpaired) electrons. The van der Waals surface area contributed by atoms with Crippen LogP contribution in [0.4, 0.5) is 4.39 Å². The normalized spacial score (nSPS) is 22.5. The Balaban J connectivity index is 1.78. The molecule has 1 aromatic heterocycles. The fourth-order valence-corrected chi connectivity index (χ4v) is 3.49. The summed E-state index contributed by atoms with van der Waals surface area (Å²) in [5.74, 6) is 0.736. The SMILES string of the molecule is CCC[C@H](c1nnnn1Cc1ccc(F)cc1)[NH+]1CC[NH+](C)CC1. The Morgan fingerprint density at radius 1 is 1.17 bits per heavy atom. The van der Waals surface area contributed by atoms with E-state index in [2.05, 4.69) is 29.5 Å². The zero-order chi connectivity index (χ0) is 16.9. The number of tetrazole rings is 1. The van der Waals surface area contributed by atoms with Crippen molar-refractivity contribution in [3.63, 3.8) is 0 Å². The van der Waals surface area contributed by atoms with Crippen LogP contribution in [0.25, 0.3) is 0 Å². The largest absolute Gasteiger partial charge is 0.328 e. The van der Waals surface area contributed by atoms with Crippen molar-refractivity contribution in [3.05, 3.63) is 41.5 Å². The number of hydrogen-bond acceptors (Lipinski definition) is 3. The number of nitrogens with zero attached hydrogens (tertiary/aromatic N) is 4. The minimum atomic E-state index is -0.219. The molecule has 2 N–H and O–H groups in total. The fourth-order valence-electron chi connectivity index (χ4n) is 3.49. The lowest BCUT2D eigenvalue weighted by molar-refractivity contribution is -1.02. The third-order valence-electron chi connectivity index (χ3n) is 4.93. The molecule has 2 aromatic rings. The molecule has 0 unspecified atom stereocenters. The Hall–Kier alpha value is -1.86. The molecule has 1 atom stereocenters. The van der Waals surface area contributed by atoms with Crippen LogP contribution in [0.3, 0.4) is 0 Å². The molecule has 3 rings (SSSR count). The first-order chi connectivity index (χ1) is 11.7. The first-order valence-corrected chi connectivity index (χ1v) is 8.83. The van der Waals surface area contributed by atoms with Gasteiger partial charge >= 0.3 is 0 Å². The molecule has 1 aromatic carbocycles. The maximum Gasteiger partial charge on any atom is 0.209 e. The second-order valence-corrected chi connectivity index (χ2v) is 6.78. The maximum absolute atomic E-state index is 13.1. The van der Waals surface area contributed by atoms with Crippen molar-refractivity contribution in [2.75, 3.05) is 33.2 Å². The molecule has 1 aliphatic rings. The van der Waals surface area contributed by atoms with Crippen molar-refractivity contribution in [1.29, 1.82) is 0 Å². The van der Waals surface area contributed by atoms with Gasteiger partial charge < -0.3 is 9.80 Å². The number of nitrogens with one attached hydrogen (secondary N) is 2. The van der Waals surface area contributed by atoms with Crippen molar-refractivity contribution in [3.8, 4) is 0 Å². The van der Waals surface area contributed by atoms with Crippen molar-refractivity contribution in [2.24, 2.45) is 0 Å². The minimum Gasteiger partial charge on any atom is -0.328 e. The van der Waals surface area contributed by atoms with Crippen molar-refractivity contribution >= 4 is 0 Å². The van der Waals surface area contributed by atoms with Gasteiger partial charge in [0, 0.05) is 6.42 Å². The Bertz CT molecular complexity index is 633. The summed E-state index contributed by atoms with van der Waals surface area (Å²) in [5.41, 5.74) is 1.01. The standard InChI is InChI=1S/C17H25FN6/c1-3-4-16(23-11-9-22(2)10-12-23)17-19-20-21-24(17)13-14-5-7-15(18)8-6-14/h5-8,16H,3-4,9-13H2,1-2H3/p+2/t16-/m1/s1. The summed E-state index contributed by atoms with van der Waals surface area (Å²) in [6.07, 6.45) is 2.19. The Labute approximate surface area is 142 Å². The molecule has 0 amide bonds. The minimum absolute atomic E-state index is 0.219. The molecule has 1 aliphatic heterocycles. The average molecular weight is 334 g/mol. The van der Waals surface area contributed by atoms with Crippen LogP contribution in [0.2, 0.25) is 0 Å². The lowest BCUT2D eigenvalue weighted by Gasteiger charge is -2.32. The highest BCUT2D eigenvalue weighted by Crippen LogP contribution is 2.14. The molecule has 1 saturated heterocycles. The van der Waals surface area contributed by atoms with Crippen molar-refractivity contribution in [1.82, 2.24) is 20.2 Å². The predicted molar refractivity (Wildman–Crippen MR) is 88.3 cm³/mol. The summed E-state index contributed by atoms with van der Waals surface area (Å²) < 4.78 is 15.0. The molecular formula is C17H27FN6+2. The molecule has 2 heterocycles. The molecule has 7 heteroatoms. The first kappa shape index (κ1) is 17.0. The van der Waals surface area contributed by atoms with E-state index in [1.54, 1.807) is 21.9 Å². The highest BCUT2D eigenvalue weighted by molar-refractivity contribution is 5.16. The van der Waals surface area contributed by atoms with Crippen LogP contribution in [0.1, 0.15) is 37.2 Å². The van der Waals surface area contributed by atoms with E-state index >= 15 is 0 Å². The molecular weight excluding hydrogens is 307 g/mol. The monoisotopic (exact) mass is 334 g/mol. The smallest absolute Gasteiger partial charge is 0.209 e. The number of aromatic nitrogens is 4. The van der Waals surface area contributed by atoms with Gasteiger partial charge in [0.2, 0.25) is 5.82 Å². The van der Waals surface area contributed by atoms with E-state index in [1.165, 1.54) is 25.2 Å². The number of quaternary nitrogens is 2. The molecule has 0 spiro atoms. The summed E-state index contributed by atoms with van der Waals surface area (Å²) in [6, 6.07) is 6.89. The number of piperazine rings is 1. The zero-order valence-electron chi connectivity index (χ0n) is 14.5.